The highest BCUT2D eigenvalue weighted by Crippen LogP contribution is 2.64. The Morgan fingerprint density at radius 1 is 0.493 bits per heavy atom. The fourth-order valence-electron chi connectivity index (χ4n) is 12.7. The lowest BCUT2D eigenvalue weighted by atomic mass is 9.70. The third-order valence-electron chi connectivity index (χ3n) is 15.6. The van der Waals surface area contributed by atoms with Crippen molar-refractivity contribution < 1.29 is 8.83 Å². The van der Waals surface area contributed by atoms with E-state index in [4.69, 9.17) is 8.83 Å². The zero-order valence-electron chi connectivity index (χ0n) is 39.9. The van der Waals surface area contributed by atoms with Gasteiger partial charge in [0, 0.05) is 49.8 Å². The SMILES string of the molecule is N#Cc1c(C#N)c(N(c2ccccc2-c2ccccc2)c2cccc3c2oc2ccccc23)c2c(c1C(C1=CCCC=C1c1ccccc1)c1cccc3c1oc1ccccc13)C1CCC2N1c1ccccc1. The first-order valence-electron chi connectivity index (χ1n) is 25.3. The molecule has 9 aromatic carbocycles. The number of anilines is 4. The summed E-state index contributed by atoms with van der Waals surface area (Å²) in [6.45, 7) is 0. The van der Waals surface area contributed by atoms with Crippen LogP contribution in [0.2, 0.25) is 0 Å². The first-order chi connectivity index (χ1) is 36.2. The third-order valence-corrected chi connectivity index (χ3v) is 15.6. The highest BCUT2D eigenvalue weighted by atomic mass is 16.3. The molecular weight excluding hydrogens is 893 g/mol. The van der Waals surface area contributed by atoms with Gasteiger partial charge in [-0.05, 0) is 95.5 Å². The zero-order chi connectivity index (χ0) is 48.6. The second-order valence-corrected chi connectivity index (χ2v) is 19.4. The van der Waals surface area contributed by atoms with Crippen LogP contribution in [0.25, 0.3) is 60.6 Å². The largest absolute Gasteiger partial charge is 0.456 e. The van der Waals surface area contributed by atoms with Crippen molar-refractivity contribution in [1.82, 2.24) is 0 Å². The van der Waals surface area contributed by atoms with E-state index in [0.29, 0.717) is 22.4 Å². The van der Waals surface area contributed by atoms with Gasteiger partial charge in [-0.25, -0.2) is 0 Å². The Hall–Kier alpha value is -9.36. The Kier molecular flexibility index (Phi) is 10.0. The molecule has 3 atom stereocenters. The quantitative estimate of drug-likeness (QED) is 0.143. The number of rotatable bonds is 9. The lowest BCUT2D eigenvalue weighted by Gasteiger charge is -2.35. The fourth-order valence-corrected chi connectivity index (χ4v) is 12.7. The lowest BCUT2D eigenvalue weighted by Crippen LogP contribution is -2.22. The molecule has 2 aromatic heterocycles. The molecule has 1 saturated heterocycles. The molecule has 2 aliphatic heterocycles. The molecule has 0 amide bonds. The molecule has 4 heterocycles. The Morgan fingerprint density at radius 2 is 1.04 bits per heavy atom. The van der Waals surface area contributed by atoms with E-state index < -0.39 is 5.92 Å². The summed E-state index contributed by atoms with van der Waals surface area (Å²) in [4.78, 5) is 4.84. The van der Waals surface area contributed by atoms with Gasteiger partial charge >= 0.3 is 0 Å². The van der Waals surface area contributed by atoms with E-state index >= 15 is 0 Å². The van der Waals surface area contributed by atoms with Crippen LogP contribution in [0.4, 0.5) is 22.7 Å². The molecule has 73 heavy (non-hydrogen) atoms. The number of benzene rings is 9. The van der Waals surface area contributed by atoms with Crippen LogP contribution in [0.3, 0.4) is 0 Å². The van der Waals surface area contributed by atoms with Crippen LogP contribution in [0.1, 0.15) is 82.6 Å². The molecule has 11 aromatic rings. The summed E-state index contributed by atoms with van der Waals surface area (Å²) in [7, 11) is 0. The van der Waals surface area contributed by atoms with Crippen LogP contribution in [-0.2, 0) is 0 Å². The maximum absolute atomic E-state index is 12.3. The van der Waals surface area contributed by atoms with E-state index in [2.05, 4.69) is 198 Å². The van der Waals surface area contributed by atoms with Crippen LogP contribution >= 0.6 is 0 Å². The Bertz CT molecular complexity index is 4150. The maximum atomic E-state index is 12.3. The number of fused-ring (bicyclic) bond motifs is 11. The van der Waals surface area contributed by atoms with Crippen LogP contribution in [0, 0.1) is 22.7 Å². The van der Waals surface area contributed by atoms with Gasteiger partial charge in [0.15, 0.2) is 5.58 Å². The molecule has 3 unspecified atom stereocenters. The molecule has 0 N–H and O–H groups in total. The van der Waals surface area contributed by atoms with Crippen LogP contribution < -0.4 is 9.80 Å². The van der Waals surface area contributed by atoms with Crippen molar-refractivity contribution in [3.63, 3.8) is 0 Å². The molecule has 1 aliphatic carbocycles. The molecular formula is C67H46N4O2. The standard InChI is InChI=1S/C67H46N4O2/c68-40-53-54(41-69)65(71(55-34-15-12-27-46(55)43-22-6-2-7-23-43)58-35-19-32-51-48-29-14-17-37-60(48)73-67(51)58)64-57-39-38-56(70(57)44-24-8-3-9-25-44)63(64)62(53)61(49-30-11-10-26-45(49)42-20-4-1-5-21-42)52-33-18-31-50-47-28-13-16-36-59(47)72-66(50)52/h1-9,12-37,56-57,61H,10-11,38-39H2. The topological polar surface area (TPSA) is 80.3 Å². The minimum absolute atomic E-state index is 0.116. The average molecular weight is 939 g/mol. The maximum Gasteiger partial charge on any atom is 0.159 e. The molecule has 14 rings (SSSR count). The predicted octanol–water partition coefficient (Wildman–Crippen LogP) is 17.7. The Labute approximate surface area is 423 Å². The summed E-state index contributed by atoms with van der Waals surface area (Å²) >= 11 is 0. The third kappa shape index (κ3) is 6.54. The van der Waals surface area contributed by atoms with E-state index in [1.54, 1.807) is 0 Å². The monoisotopic (exact) mass is 938 g/mol. The van der Waals surface area contributed by atoms with Crippen molar-refractivity contribution in [2.45, 2.75) is 43.7 Å². The van der Waals surface area contributed by atoms with Crippen molar-refractivity contribution in [2.24, 2.45) is 0 Å². The molecule has 0 spiro atoms. The number of hydrogen-bond donors (Lipinski definition) is 0. The van der Waals surface area contributed by atoms with Gasteiger partial charge in [-0.3, -0.25) is 0 Å². The van der Waals surface area contributed by atoms with Crippen LogP contribution in [-0.4, -0.2) is 0 Å². The van der Waals surface area contributed by atoms with Gasteiger partial charge < -0.3 is 18.6 Å². The van der Waals surface area contributed by atoms with E-state index in [0.717, 1.165) is 131 Å². The van der Waals surface area contributed by atoms with E-state index in [9.17, 15) is 10.5 Å². The molecule has 0 saturated carbocycles. The molecule has 0 radical (unpaired) electrons. The number of hydrogen-bond acceptors (Lipinski definition) is 6. The van der Waals surface area contributed by atoms with Crippen molar-refractivity contribution in [3.05, 3.63) is 257 Å². The highest BCUT2D eigenvalue weighted by Gasteiger charge is 2.51. The Balaban J connectivity index is 1.15. The number of furan rings is 2. The average Bonchev–Trinajstić information content (AvgIpc) is 4.30. The van der Waals surface area contributed by atoms with Crippen molar-refractivity contribution in [3.8, 4) is 23.3 Å². The zero-order valence-corrected chi connectivity index (χ0v) is 39.9. The summed E-state index contributed by atoms with van der Waals surface area (Å²) < 4.78 is 13.9. The van der Waals surface area contributed by atoms with Gasteiger partial charge in [0.2, 0.25) is 0 Å². The minimum atomic E-state index is -0.499. The molecule has 1 fully saturated rings. The Morgan fingerprint density at radius 3 is 1.75 bits per heavy atom. The molecule has 3 aliphatic rings. The first kappa shape index (κ1) is 42.5. The summed E-state index contributed by atoms with van der Waals surface area (Å²) in [5, 5.41) is 28.5. The van der Waals surface area contributed by atoms with Gasteiger partial charge in [0.25, 0.3) is 0 Å². The van der Waals surface area contributed by atoms with Gasteiger partial charge in [0.1, 0.15) is 28.9 Å². The smallest absolute Gasteiger partial charge is 0.159 e. The van der Waals surface area contributed by atoms with E-state index in [1.807, 2.05) is 36.4 Å². The number of para-hydroxylation sites is 6. The molecule has 6 heteroatoms. The summed E-state index contributed by atoms with van der Waals surface area (Å²) in [5.41, 5.74) is 16.6. The van der Waals surface area contributed by atoms with Gasteiger partial charge in [-0.2, -0.15) is 10.5 Å². The van der Waals surface area contributed by atoms with E-state index in [1.165, 1.54) is 0 Å². The van der Waals surface area contributed by atoms with Crippen molar-refractivity contribution in [1.29, 1.82) is 10.5 Å². The summed E-state index contributed by atoms with van der Waals surface area (Å²) in [6, 6.07) is 74.7. The summed E-state index contributed by atoms with van der Waals surface area (Å²) in [5.74, 6) is -0.499. The predicted molar refractivity (Wildman–Crippen MR) is 294 cm³/mol. The number of nitriles is 2. The van der Waals surface area contributed by atoms with E-state index in [-0.39, 0.29) is 12.1 Å². The van der Waals surface area contributed by atoms with Crippen LogP contribution in [0.5, 0.6) is 0 Å². The van der Waals surface area contributed by atoms with Crippen LogP contribution in [0.15, 0.2) is 227 Å². The highest BCUT2D eigenvalue weighted by molar-refractivity contribution is 6.12. The van der Waals surface area contributed by atoms with Gasteiger partial charge in [-0.1, -0.05) is 176 Å². The van der Waals surface area contributed by atoms with Crippen molar-refractivity contribution >= 4 is 72.2 Å². The molecule has 346 valence electrons. The molecule has 6 nitrogen and oxygen atoms in total. The van der Waals surface area contributed by atoms with Gasteiger partial charge in [-0.15, -0.1) is 0 Å². The summed E-state index contributed by atoms with van der Waals surface area (Å²) in [6.07, 6.45) is 8.20. The lowest BCUT2D eigenvalue weighted by molar-refractivity contribution is 0.658. The van der Waals surface area contributed by atoms with Gasteiger partial charge in [0.05, 0.1) is 40.3 Å². The second-order valence-electron chi connectivity index (χ2n) is 19.4. The number of allylic oxidation sites excluding steroid dienone is 4. The number of nitrogens with zero attached hydrogens (tertiary/aromatic N) is 4. The minimum Gasteiger partial charge on any atom is -0.456 e. The second kappa shape index (κ2) is 17.2. The molecule has 2 bridgehead atoms. The fraction of sp³-hybridized carbons (Fsp3) is 0.104. The first-order valence-corrected chi connectivity index (χ1v) is 25.3. The normalized spacial score (nSPS) is 16.3. The van der Waals surface area contributed by atoms with Crippen molar-refractivity contribution in [2.75, 3.05) is 9.80 Å².